The number of carboxylic acid groups (broad SMARTS) is 1. The highest BCUT2D eigenvalue weighted by Crippen LogP contribution is 2.30. The second-order valence-electron chi connectivity index (χ2n) is 8.85. The SMILES string of the molecule is Cc1cnc(C2CN(c3cncc(OCC4CCC(C)CC4)c3)CCO2)cc1C(=O)O. The monoisotopic (exact) mass is 425 g/mol. The van der Waals surface area contributed by atoms with Crippen LogP contribution in [0.5, 0.6) is 5.75 Å². The van der Waals surface area contributed by atoms with Crippen molar-refractivity contribution in [3.8, 4) is 5.75 Å². The highest BCUT2D eigenvalue weighted by Gasteiger charge is 2.25. The van der Waals surface area contributed by atoms with E-state index in [9.17, 15) is 9.90 Å². The summed E-state index contributed by atoms with van der Waals surface area (Å²) in [7, 11) is 0. The lowest BCUT2D eigenvalue weighted by Gasteiger charge is -2.34. The molecule has 1 aliphatic heterocycles. The maximum atomic E-state index is 11.5. The number of aromatic nitrogens is 2. The number of nitrogens with zero attached hydrogens (tertiary/aromatic N) is 3. The number of carboxylic acids is 1. The molecule has 7 nitrogen and oxygen atoms in total. The van der Waals surface area contributed by atoms with Crippen molar-refractivity contribution < 1.29 is 19.4 Å². The maximum Gasteiger partial charge on any atom is 0.336 e. The molecule has 1 aliphatic carbocycles. The van der Waals surface area contributed by atoms with Crippen molar-refractivity contribution in [2.75, 3.05) is 31.2 Å². The Labute approximate surface area is 183 Å². The molecule has 1 saturated heterocycles. The second-order valence-corrected chi connectivity index (χ2v) is 8.85. The smallest absolute Gasteiger partial charge is 0.336 e. The molecule has 3 heterocycles. The van der Waals surface area contributed by atoms with Gasteiger partial charge in [-0.15, -0.1) is 0 Å². The van der Waals surface area contributed by atoms with Gasteiger partial charge in [0.25, 0.3) is 0 Å². The average Bonchev–Trinajstić information content (AvgIpc) is 2.79. The van der Waals surface area contributed by atoms with Gasteiger partial charge in [-0.1, -0.05) is 19.8 Å². The molecule has 0 amide bonds. The molecule has 166 valence electrons. The predicted molar refractivity (Wildman–Crippen MR) is 118 cm³/mol. The van der Waals surface area contributed by atoms with Crippen molar-refractivity contribution in [3.63, 3.8) is 0 Å². The van der Waals surface area contributed by atoms with Crippen LogP contribution in [0.25, 0.3) is 0 Å². The van der Waals surface area contributed by atoms with Crippen molar-refractivity contribution in [3.05, 3.63) is 47.5 Å². The summed E-state index contributed by atoms with van der Waals surface area (Å²) >= 11 is 0. The fourth-order valence-electron chi connectivity index (χ4n) is 4.38. The zero-order valence-electron chi connectivity index (χ0n) is 18.3. The van der Waals surface area contributed by atoms with Gasteiger partial charge in [0.15, 0.2) is 0 Å². The summed E-state index contributed by atoms with van der Waals surface area (Å²) < 4.78 is 12.0. The Bertz CT molecular complexity index is 911. The van der Waals surface area contributed by atoms with Gasteiger partial charge in [-0.2, -0.15) is 0 Å². The molecule has 2 fully saturated rings. The minimum absolute atomic E-state index is 0.264. The number of aromatic carboxylic acids is 1. The molecule has 0 aromatic carbocycles. The highest BCUT2D eigenvalue weighted by molar-refractivity contribution is 5.89. The second kappa shape index (κ2) is 9.64. The lowest BCUT2D eigenvalue weighted by Crippen LogP contribution is -2.38. The Morgan fingerprint density at radius 2 is 2.03 bits per heavy atom. The third-order valence-electron chi connectivity index (χ3n) is 6.44. The van der Waals surface area contributed by atoms with E-state index >= 15 is 0 Å². The number of aryl methyl sites for hydroxylation is 1. The molecule has 1 N–H and O–H groups in total. The fraction of sp³-hybridized carbons (Fsp3) is 0.542. The number of hydrogen-bond donors (Lipinski definition) is 1. The molecule has 0 bridgehead atoms. The Kier molecular flexibility index (Phi) is 6.70. The van der Waals surface area contributed by atoms with Crippen LogP contribution in [0.1, 0.15) is 60.3 Å². The van der Waals surface area contributed by atoms with Crippen LogP contribution in [0, 0.1) is 18.8 Å². The van der Waals surface area contributed by atoms with Crippen molar-refractivity contribution in [1.29, 1.82) is 0 Å². The summed E-state index contributed by atoms with van der Waals surface area (Å²) in [5.74, 6) is 1.31. The van der Waals surface area contributed by atoms with Crippen LogP contribution < -0.4 is 9.64 Å². The number of hydrogen-bond acceptors (Lipinski definition) is 6. The van der Waals surface area contributed by atoms with Gasteiger partial charge in [0.2, 0.25) is 0 Å². The lowest BCUT2D eigenvalue weighted by atomic mass is 9.83. The van der Waals surface area contributed by atoms with E-state index in [1.807, 2.05) is 12.3 Å². The zero-order valence-corrected chi connectivity index (χ0v) is 18.3. The third kappa shape index (κ3) is 5.34. The summed E-state index contributed by atoms with van der Waals surface area (Å²) in [5.41, 5.74) is 2.53. The lowest BCUT2D eigenvalue weighted by molar-refractivity contribution is 0.0368. The third-order valence-corrected chi connectivity index (χ3v) is 6.44. The Balaban J connectivity index is 1.41. The molecule has 1 saturated carbocycles. The van der Waals surface area contributed by atoms with Crippen LogP contribution in [0.4, 0.5) is 5.69 Å². The molecular weight excluding hydrogens is 394 g/mol. The number of carbonyl (C=O) groups is 1. The molecule has 4 rings (SSSR count). The predicted octanol–water partition coefficient (Wildman–Crippen LogP) is 4.27. The molecule has 2 aromatic rings. The number of rotatable bonds is 6. The van der Waals surface area contributed by atoms with Crippen molar-refractivity contribution in [2.24, 2.45) is 11.8 Å². The van der Waals surface area contributed by atoms with Gasteiger partial charge in [-0.25, -0.2) is 4.79 Å². The first-order valence-electron chi connectivity index (χ1n) is 11.1. The summed E-state index contributed by atoms with van der Waals surface area (Å²) in [6.07, 6.45) is 9.97. The fourth-order valence-corrected chi connectivity index (χ4v) is 4.38. The molecule has 2 aliphatic rings. The van der Waals surface area contributed by atoms with E-state index in [0.717, 1.165) is 30.5 Å². The maximum absolute atomic E-state index is 11.5. The van der Waals surface area contributed by atoms with E-state index in [1.165, 1.54) is 25.7 Å². The standard InChI is InChI=1S/C24H31N3O4/c1-16-3-5-18(6-4-16)15-31-20-9-19(12-25-13-20)27-7-8-30-23(14-27)22-10-21(24(28)29)17(2)11-26-22/h9-13,16,18,23H,3-8,14-15H2,1-2H3,(H,28,29). The van der Waals surface area contributed by atoms with Crippen LogP contribution >= 0.6 is 0 Å². The van der Waals surface area contributed by atoms with Gasteiger partial charge >= 0.3 is 5.97 Å². The molecule has 1 atom stereocenters. The van der Waals surface area contributed by atoms with Gasteiger partial charge in [0.1, 0.15) is 11.9 Å². The van der Waals surface area contributed by atoms with Gasteiger partial charge in [0.05, 0.1) is 49.1 Å². The molecular formula is C24H31N3O4. The van der Waals surface area contributed by atoms with E-state index in [0.29, 0.717) is 30.3 Å². The first-order chi connectivity index (χ1) is 15.0. The minimum atomic E-state index is -0.949. The van der Waals surface area contributed by atoms with Gasteiger partial charge in [0, 0.05) is 18.8 Å². The van der Waals surface area contributed by atoms with Crippen LogP contribution in [0.3, 0.4) is 0 Å². The Hall–Kier alpha value is -2.67. The summed E-state index contributed by atoms with van der Waals surface area (Å²) in [6.45, 7) is 6.68. The largest absolute Gasteiger partial charge is 0.492 e. The van der Waals surface area contributed by atoms with E-state index < -0.39 is 5.97 Å². The van der Waals surface area contributed by atoms with Crippen LogP contribution in [0.2, 0.25) is 0 Å². The van der Waals surface area contributed by atoms with E-state index in [-0.39, 0.29) is 11.7 Å². The van der Waals surface area contributed by atoms with Gasteiger partial charge in [-0.3, -0.25) is 9.97 Å². The molecule has 0 radical (unpaired) electrons. The van der Waals surface area contributed by atoms with E-state index in [4.69, 9.17) is 9.47 Å². The Morgan fingerprint density at radius 3 is 2.81 bits per heavy atom. The van der Waals surface area contributed by atoms with Gasteiger partial charge in [-0.05, 0) is 43.2 Å². The van der Waals surface area contributed by atoms with Crippen LogP contribution in [0.15, 0.2) is 30.7 Å². The number of anilines is 1. The Morgan fingerprint density at radius 1 is 1.23 bits per heavy atom. The first kappa shape index (κ1) is 21.6. The van der Waals surface area contributed by atoms with Crippen molar-refractivity contribution in [2.45, 2.75) is 45.6 Å². The molecule has 0 spiro atoms. The molecule has 2 aromatic heterocycles. The number of ether oxygens (including phenoxy) is 2. The quantitative estimate of drug-likeness (QED) is 0.740. The number of pyridine rings is 2. The van der Waals surface area contributed by atoms with E-state index in [1.54, 1.807) is 25.4 Å². The van der Waals surface area contributed by atoms with Crippen LogP contribution in [-0.4, -0.2) is 47.3 Å². The summed E-state index contributed by atoms with van der Waals surface area (Å²) in [6, 6.07) is 3.65. The summed E-state index contributed by atoms with van der Waals surface area (Å²) in [4.78, 5) is 22.5. The first-order valence-corrected chi connectivity index (χ1v) is 11.1. The molecule has 7 heteroatoms. The van der Waals surface area contributed by atoms with Gasteiger partial charge < -0.3 is 19.5 Å². The number of morpholine rings is 1. The average molecular weight is 426 g/mol. The molecule has 31 heavy (non-hydrogen) atoms. The minimum Gasteiger partial charge on any atom is -0.492 e. The van der Waals surface area contributed by atoms with Crippen LogP contribution in [-0.2, 0) is 4.74 Å². The van der Waals surface area contributed by atoms with Crippen molar-refractivity contribution >= 4 is 11.7 Å². The zero-order chi connectivity index (χ0) is 21.8. The summed E-state index contributed by atoms with van der Waals surface area (Å²) in [5, 5.41) is 9.41. The highest BCUT2D eigenvalue weighted by atomic mass is 16.5. The normalized spacial score (nSPS) is 24.1. The topological polar surface area (TPSA) is 84.8 Å². The van der Waals surface area contributed by atoms with E-state index in [2.05, 4.69) is 21.8 Å². The molecule has 1 unspecified atom stereocenters. The van der Waals surface area contributed by atoms with Crippen molar-refractivity contribution in [1.82, 2.24) is 9.97 Å².